The molecule has 0 radical (unpaired) electrons. The highest BCUT2D eigenvalue weighted by molar-refractivity contribution is 6.30. The predicted octanol–water partition coefficient (Wildman–Crippen LogP) is 4.12. The Morgan fingerprint density at radius 2 is 2.16 bits per heavy atom. The molecule has 3 rings (SSSR count). The van der Waals surface area contributed by atoms with E-state index in [-0.39, 0.29) is 0 Å². The van der Waals surface area contributed by atoms with Crippen LogP contribution in [-0.4, -0.2) is 13.7 Å². The van der Waals surface area contributed by atoms with E-state index in [1.54, 1.807) is 0 Å². The van der Waals surface area contributed by atoms with Crippen LogP contribution in [0, 0.1) is 5.92 Å². The van der Waals surface area contributed by atoms with Gasteiger partial charge in [-0.15, -0.1) is 0 Å². The second-order valence-electron chi connectivity index (χ2n) is 5.81. The first-order valence-corrected chi connectivity index (χ1v) is 7.78. The summed E-state index contributed by atoms with van der Waals surface area (Å²) in [6.07, 6.45) is 7.73. The minimum absolute atomic E-state index is 0.369. The monoisotopic (exact) mass is 279 g/mol. The van der Waals surface area contributed by atoms with Crippen molar-refractivity contribution < 1.29 is 4.74 Å². The summed E-state index contributed by atoms with van der Waals surface area (Å²) in [5.74, 6) is 1.94. The Balaban J connectivity index is 1.86. The summed E-state index contributed by atoms with van der Waals surface area (Å²) in [6.45, 7) is 0.794. The maximum Gasteiger partial charge on any atom is 0.127 e. The third-order valence-corrected chi connectivity index (χ3v) is 4.76. The van der Waals surface area contributed by atoms with Gasteiger partial charge in [0.25, 0.3) is 0 Å². The van der Waals surface area contributed by atoms with Crippen molar-refractivity contribution in [3.05, 3.63) is 28.3 Å². The van der Waals surface area contributed by atoms with Crippen molar-refractivity contribution in [1.29, 1.82) is 0 Å². The second kappa shape index (κ2) is 5.72. The van der Waals surface area contributed by atoms with Crippen molar-refractivity contribution in [2.24, 2.45) is 5.92 Å². The van der Waals surface area contributed by atoms with Crippen LogP contribution in [0.3, 0.4) is 0 Å². The van der Waals surface area contributed by atoms with Crippen LogP contribution >= 0.6 is 11.6 Å². The lowest BCUT2D eigenvalue weighted by molar-refractivity contribution is 0.341. The van der Waals surface area contributed by atoms with Gasteiger partial charge in [-0.1, -0.05) is 37.3 Å². The fourth-order valence-corrected chi connectivity index (χ4v) is 3.79. The fraction of sp³-hybridized carbons (Fsp3) is 0.625. The lowest BCUT2D eigenvalue weighted by Gasteiger charge is -2.22. The number of halogens is 1. The molecule has 1 aliphatic carbocycles. The van der Waals surface area contributed by atoms with Crippen LogP contribution in [0.2, 0.25) is 5.02 Å². The molecule has 1 N–H and O–H groups in total. The van der Waals surface area contributed by atoms with Crippen molar-refractivity contribution in [2.45, 2.75) is 44.6 Å². The molecule has 0 amide bonds. The minimum Gasteiger partial charge on any atom is -0.493 e. The van der Waals surface area contributed by atoms with E-state index >= 15 is 0 Å². The SMILES string of the molecule is CNC(CC1CCCC1)c1cc(Cl)cc2c1OCC2. The smallest absolute Gasteiger partial charge is 0.127 e. The molecule has 1 aromatic rings. The average molecular weight is 280 g/mol. The molecule has 3 heteroatoms. The first kappa shape index (κ1) is 13.3. The van der Waals surface area contributed by atoms with Crippen LogP contribution in [0.25, 0.3) is 0 Å². The van der Waals surface area contributed by atoms with Crippen LogP contribution in [0.5, 0.6) is 5.75 Å². The number of hydrogen-bond acceptors (Lipinski definition) is 2. The predicted molar refractivity (Wildman–Crippen MR) is 79.0 cm³/mol. The van der Waals surface area contributed by atoms with Crippen molar-refractivity contribution in [3.63, 3.8) is 0 Å². The number of benzene rings is 1. The highest BCUT2D eigenvalue weighted by atomic mass is 35.5. The van der Waals surface area contributed by atoms with Gasteiger partial charge in [-0.2, -0.15) is 0 Å². The van der Waals surface area contributed by atoms with Gasteiger partial charge in [0.2, 0.25) is 0 Å². The topological polar surface area (TPSA) is 21.3 Å². The van der Waals surface area contributed by atoms with Crippen molar-refractivity contribution in [1.82, 2.24) is 5.32 Å². The van der Waals surface area contributed by atoms with Gasteiger partial charge < -0.3 is 10.1 Å². The average Bonchev–Trinajstić information content (AvgIpc) is 3.05. The van der Waals surface area contributed by atoms with E-state index in [9.17, 15) is 0 Å². The number of fused-ring (bicyclic) bond motifs is 1. The van der Waals surface area contributed by atoms with E-state index in [0.717, 1.165) is 29.7 Å². The molecule has 0 bridgehead atoms. The molecule has 0 aromatic heterocycles. The maximum atomic E-state index is 6.26. The van der Waals surface area contributed by atoms with E-state index in [0.29, 0.717) is 6.04 Å². The summed E-state index contributed by atoms with van der Waals surface area (Å²) in [5.41, 5.74) is 2.53. The van der Waals surface area contributed by atoms with Crippen LogP contribution < -0.4 is 10.1 Å². The molecule has 1 aliphatic heterocycles. The Kier molecular flexibility index (Phi) is 3.99. The van der Waals surface area contributed by atoms with E-state index < -0.39 is 0 Å². The van der Waals surface area contributed by atoms with Crippen molar-refractivity contribution in [3.8, 4) is 5.75 Å². The molecular formula is C16H22ClNO. The van der Waals surface area contributed by atoms with E-state index in [1.165, 1.54) is 43.2 Å². The molecule has 1 heterocycles. The molecule has 1 saturated carbocycles. The number of rotatable bonds is 4. The molecule has 1 unspecified atom stereocenters. The van der Waals surface area contributed by atoms with E-state index in [1.807, 2.05) is 7.05 Å². The van der Waals surface area contributed by atoms with Gasteiger partial charge in [0, 0.05) is 23.0 Å². The standard InChI is InChI=1S/C16H22ClNO/c1-18-15(8-11-4-2-3-5-11)14-10-13(17)9-12-6-7-19-16(12)14/h9-11,15,18H,2-8H2,1H3. The van der Waals surface area contributed by atoms with Gasteiger partial charge >= 0.3 is 0 Å². The molecule has 0 saturated heterocycles. The summed E-state index contributed by atoms with van der Waals surface area (Å²) in [5, 5.41) is 4.30. The molecule has 19 heavy (non-hydrogen) atoms. The molecule has 0 spiro atoms. The van der Waals surface area contributed by atoms with Gasteiger partial charge in [-0.25, -0.2) is 0 Å². The summed E-state index contributed by atoms with van der Waals surface area (Å²) in [4.78, 5) is 0. The third kappa shape index (κ3) is 2.75. The lowest BCUT2D eigenvalue weighted by atomic mass is 9.92. The molecule has 2 nitrogen and oxygen atoms in total. The Morgan fingerprint density at radius 1 is 1.37 bits per heavy atom. The Morgan fingerprint density at radius 3 is 2.89 bits per heavy atom. The second-order valence-corrected chi connectivity index (χ2v) is 6.25. The highest BCUT2D eigenvalue weighted by Crippen LogP contribution is 2.40. The molecule has 104 valence electrons. The van der Waals surface area contributed by atoms with Gasteiger partial charge in [-0.3, -0.25) is 0 Å². The van der Waals surface area contributed by atoms with Gasteiger partial charge in [0.1, 0.15) is 5.75 Å². The molecule has 1 aromatic carbocycles. The minimum atomic E-state index is 0.369. The third-order valence-electron chi connectivity index (χ3n) is 4.54. The normalized spacial score (nSPS) is 20.3. The van der Waals surface area contributed by atoms with Crippen LogP contribution in [-0.2, 0) is 6.42 Å². The quantitative estimate of drug-likeness (QED) is 0.895. The zero-order valence-corrected chi connectivity index (χ0v) is 12.3. The first-order chi connectivity index (χ1) is 9.28. The zero-order chi connectivity index (χ0) is 13.2. The number of hydrogen-bond donors (Lipinski definition) is 1. The van der Waals surface area contributed by atoms with Gasteiger partial charge in [0.15, 0.2) is 0 Å². The molecule has 1 fully saturated rings. The summed E-state index contributed by atoms with van der Waals surface area (Å²) < 4.78 is 5.83. The lowest BCUT2D eigenvalue weighted by Crippen LogP contribution is -2.19. The Labute approximate surface area is 120 Å². The molecular weight excluding hydrogens is 258 g/mol. The largest absolute Gasteiger partial charge is 0.493 e. The summed E-state index contributed by atoms with van der Waals surface area (Å²) >= 11 is 6.26. The Bertz CT molecular complexity index is 454. The summed E-state index contributed by atoms with van der Waals surface area (Å²) in [7, 11) is 2.04. The van der Waals surface area contributed by atoms with Crippen LogP contribution in [0.15, 0.2) is 12.1 Å². The Hall–Kier alpha value is -0.730. The molecule has 2 aliphatic rings. The zero-order valence-electron chi connectivity index (χ0n) is 11.5. The fourth-order valence-electron chi connectivity index (χ4n) is 3.54. The first-order valence-electron chi connectivity index (χ1n) is 7.40. The van der Waals surface area contributed by atoms with Gasteiger partial charge in [0.05, 0.1) is 6.61 Å². The highest BCUT2D eigenvalue weighted by Gasteiger charge is 2.26. The maximum absolute atomic E-state index is 6.26. The van der Waals surface area contributed by atoms with E-state index in [4.69, 9.17) is 16.3 Å². The van der Waals surface area contributed by atoms with Crippen LogP contribution in [0.4, 0.5) is 0 Å². The van der Waals surface area contributed by atoms with Crippen LogP contribution in [0.1, 0.15) is 49.3 Å². The molecule has 1 atom stereocenters. The number of nitrogens with one attached hydrogen (secondary N) is 1. The van der Waals surface area contributed by atoms with Crippen molar-refractivity contribution in [2.75, 3.05) is 13.7 Å². The van der Waals surface area contributed by atoms with Crippen molar-refractivity contribution >= 4 is 11.6 Å². The van der Waals surface area contributed by atoms with E-state index in [2.05, 4.69) is 17.4 Å². The number of ether oxygens (including phenoxy) is 1. The van der Waals surface area contributed by atoms with Gasteiger partial charge in [-0.05, 0) is 37.1 Å². The summed E-state index contributed by atoms with van der Waals surface area (Å²) in [6, 6.07) is 4.51.